The summed E-state index contributed by atoms with van der Waals surface area (Å²) in [5.74, 6) is 0.841. The summed E-state index contributed by atoms with van der Waals surface area (Å²) in [6.07, 6.45) is 1.14. The van der Waals surface area contributed by atoms with Crippen LogP contribution >= 0.6 is 0 Å². The summed E-state index contributed by atoms with van der Waals surface area (Å²) in [7, 11) is 1.69. The molecule has 2 rings (SSSR count). The molecule has 0 saturated heterocycles. The third-order valence-corrected chi connectivity index (χ3v) is 2.98. The number of aryl methyl sites for hydroxylation is 1. The largest absolute Gasteiger partial charge is 0.494 e. The van der Waals surface area contributed by atoms with Crippen LogP contribution in [-0.4, -0.2) is 18.6 Å². The molecule has 0 fully saturated rings. The Hall–Kier alpha value is -1.61. The Labute approximate surface area is 108 Å². The number of aromatic nitrogens is 1. The van der Waals surface area contributed by atoms with Crippen LogP contribution in [0.4, 0.5) is 0 Å². The number of hydrogen-bond acceptors (Lipinski definition) is 3. The van der Waals surface area contributed by atoms with Gasteiger partial charge in [-0.05, 0) is 37.6 Å². The Kier molecular flexibility index (Phi) is 4.15. The monoisotopic (exact) mass is 244 g/mol. The van der Waals surface area contributed by atoms with E-state index in [-0.39, 0.29) is 0 Å². The molecule has 0 bridgehead atoms. The van der Waals surface area contributed by atoms with E-state index < -0.39 is 0 Å². The van der Waals surface area contributed by atoms with Gasteiger partial charge in [0.1, 0.15) is 11.3 Å². The average Bonchev–Trinajstić information content (AvgIpc) is 2.38. The van der Waals surface area contributed by atoms with Crippen LogP contribution in [0.25, 0.3) is 10.9 Å². The van der Waals surface area contributed by atoms with Crippen LogP contribution < -0.4 is 10.1 Å². The van der Waals surface area contributed by atoms with Crippen molar-refractivity contribution in [1.82, 2.24) is 10.3 Å². The number of pyridine rings is 1. The Morgan fingerprint density at radius 1 is 1.33 bits per heavy atom. The zero-order valence-electron chi connectivity index (χ0n) is 11.3. The second-order valence-corrected chi connectivity index (χ2v) is 4.46. The number of nitrogens with zero attached hydrogens (tertiary/aromatic N) is 1. The molecule has 1 aromatic carbocycles. The van der Waals surface area contributed by atoms with E-state index in [0.717, 1.165) is 36.5 Å². The fraction of sp³-hybridized carbons (Fsp3) is 0.400. The van der Waals surface area contributed by atoms with Crippen molar-refractivity contribution in [2.24, 2.45) is 0 Å². The highest BCUT2D eigenvalue weighted by atomic mass is 16.5. The van der Waals surface area contributed by atoms with Crippen molar-refractivity contribution in [1.29, 1.82) is 0 Å². The molecule has 0 atom stereocenters. The molecule has 0 spiro atoms. The van der Waals surface area contributed by atoms with Gasteiger partial charge < -0.3 is 10.1 Å². The van der Waals surface area contributed by atoms with Gasteiger partial charge in [-0.1, -0.05) is 19.1 Å². The highest BCUT2D eigenvalue weighted by molar-refractivity contribution is 5.87. The number of ether oxygens (including phenoxy) is 1. The molecular weight excluding hydrogens is 224 g/mol. The quantitative estimate of drug-likeness (QED) is 0.821. The molecule has 1 heterocycles. The van der Waals surface area contributed by atoms with E-state index in [1.54, 1.807) is 7.11 Å². The number of rotatable bonds is 5. The van der Waals surface area contributed by atoms with Crippen molar-refractivity contribution < 1.29 is 4.74 Å². The number of methoxy groups -OCH3 is 1. The minimum absolute atomic E-state index is 0.841. The Balaban J connectivity index is 2.45. The number of benzene rings is 1. The van der Waals surface area contributed by atoms with Crippen LogP contribution in [0.15, 0.2) is 24.3 Å². The van der Waals surface area contributed by atoms with Gasteiger partial charge in [0.2, 0.25) is 0 Å². The van der Waals surface area contributed by atoms with Gasteiger partial charge in [-0.25, -0.2) is 4.98 Å². The van der Waals surface area contributed by atoms with E-state index in [1.807, 2.05) is 19.1 Å². The van der Waals surface area contributed by atoms with Crippen molar-refractivity contribution in [2.75, 3.05) is 13.7 Å². The van der Waals surface area contributed by atoms with Gasteiger partial charge in [0.05, 0.1) is 7.11 Å². The van der Waals surface area contributed by atoms with Crippen LogP contribution in [0.2, 0.25) is 0 Å². The Morgan fingerprint density at radius 3 is 2.89 bits per heavy atom. The molecular formula is C15H20N2O. The minimum atomic E-state index is 0.841. The predicted octanol–water partition coefficient (Wildman–Crippen LogP) is 3.05. The standard InChI is InChI=1S/C15H20N2O/c1-4-8-16-10-12-9-11(2)17-15-13(12)6-5-7-14(15)18-3/h5-7,9,16H,4,8,10H2,1-3H3. The molecule has 0 saturated carbocycles. The molecule has 0 unspecified atom stereocenters. The van der Waals surface area contributed by atoms with Crippen LogP contribution in [0.5, 0.6) is 5.75 Å². The van der Waals surface area contributed by atoms with E-state index in [2.05, 4.69) is 29.4 Å². The van der Waals surface area contributed by atoms with Crippen LogP contribution in [0.3, 0.4) is 0 Å². The van der Waals surface area contributed by atoms with Gasteiger partial charge in [-0.15, -0.1) is 0 Å². The van der Waals surface area contributed by atoms with Gasteiger partial charge >= 0.3 is 0 Å². The number of fused-ring (bicyclic) bond motifs is 1. The van der Waals surface area contributed by atoms with E-state index in [0.29, 0.717) is 0 Å². The van der Waals surface area contributed by atoms with Crippen molar-refractivity contribution in [3.05, 3.63) is 35.5 Å². The third-order valence-electron chi connectivity index (χ3n) is 2.98. The fourth-order valence-corrected chi connectivity index (χ4v) is 2.15. The molecule has 0 radical (unpaired) electrons. The predicted molar refractivity (Wildman–Crippen MR) is 75.0 cm³/mol. The summed E-state index contributed by atoms with van der Waals surface area (Å²) in [4.78, 5) is 4.58. The summed E-state index contributed by atoms with van der Waals surface area (Å²) < 4.78 is 5.38. The molecule has 18 heavy (non-hydrogen) atoms. The first-order valence-electron chi connectivity index (χ1n) is 6.40. The van der Waals surface area contributed by atoms with Gasteiger partial charge in [-0.3, -0.25) is 0 Å². The average molecular weight is 244 g/mol. The Morgan fingerprint density at radius 2 is 2.17 bits per heavy atom. The summed E-state index contributed by atoms with van der Waals surface area (Å²) >= 11 is 0. The lowest BCUT2D eigenvalue weighted by Gasteiger charge is -2.11. The van der Waals surface area contributed by atoms with Crippen LogP contribution in [-0.2, 0) is 6.54 Å². The maximum atomic E-state index is 5.38. The second kappa shape index (κ2) is 5.83. The van der Waals surface area contributed by atoms with Crippen molar-refractivity contribution >= 4 is 10.9 Å². The first kappa shape index (κ1) is 12.8. The number of hydrogen-bond donors (Lipinski definition) is 1. The van der Waals surface area contributed by atoms with Crippen molar-refractivity contribution in [3.63, 3.8) is 0 Å². The number of para-hydroxylation sites is 1. The van der Waals surface area contributed by atoms with Crippen LogP contribution in [0, 0.1) is 6.92 Å². The molecule has 2 aromatic rings. The number of nitrogens with one attached hydrogen (secondary N) is 1. The first-order chi connectivity index (χ1) is 8.76. The lowest BCUT2D eigenvalue weighted by atomic mass is 10.1. The summed E-state index contributed by atoms with van der Waals surface area (Å²) in [5, 5.41) is 4.61. The molecule has 1 N–H and O–H groups in total. The molecule has 3 nitrogen and oxygen atoms in total. The maximum absolute atomic E-state index is 5.38. The third kappa shape index (κ3) is 2.62. The fourth-order valence-electron chi connectivity index (χ4n) is 2.15. The molecule has 3 heteroatoms. The molecule has 0 aliphatic heterocycles. The molecule has 0 aliphatic carbocycles. The smallest absolute Gasteiger partial charge is 0.145 e. The summed E-state index contributed by atoms with van der Waals surface area (Å²) in [6.45, 7) is 6.11. The summed E-state index contributed by atoms with van der Waals surface area (Å²) in [5.41, 5.74) is 3.26. The Bertz CT molecular complexity index is 537. The van der Waals surface area contributed by atoms with Crippen molar-refractivity contribution in [2.45, 2.75) is 26.8 Å². The van der Waals surface area contributed by atoms with E-state index >= 15 is 0 Å². The zero-order valence-corrected chi connectivity index (χ0v) is 11.3. The van der Waals surface area contributed by atoms with Gasteiger partial charge in [0.15, 0.2) is 0 Å². The van der Waals surface area contributed by atoms with E-state index in [1.165, 1.54) is 10.9 Å². The molecule has 0 amide bonds. The second-order valence-electron chi connectivity index (χ2n) is 4.46. The summed E-state index contributed by atoms with van der Waals surface area (Å²) in [6, 6.07) is 8.22. The van der Waals surface area contributed by atoms with Crippen LogP contribution in [0.1, 0.15) is 24.6 Å². The van der Waals surface area contributed by atoms with E-state index in [4.69, 9.17) is 4.74 Å². The minimum Gasteiger partial charge on any atom is -0.494 e. The van der Waals surface area contributed by atoms with Crippen molar-refractivity contribution in [3.8, 4) is 5.75 Å². The van der Waals surface area contributed by atoms with Gasteiger partial charge in [-0.2, -0.15) is 0 Å². The van der Waals surface area contributed by atoms with Gasteiger partial charge in [0.25, 0.3) is 0 Å². The molecule has 0 aliphatic rings. The molecule has 96 valence electrons. The highest BCUT2D eigenvalue weighted by Crippen LogP contribution is 2.26. The normalized spacial score (nSPS) is 10.8. The van der Waals surface area contributed by atoms with Gasteiger partial charge in [0, 0.05) is 17.6 Å². The highest BCUT2D eigenvalue weighted by Gasteiger charge is 2.07. The SMILES string of the molecule is CCCNCc1cc(C)nc2c(OC)cccc12. The maximum Gasteiger partial charge on any atom is 0.145 e. The molecule has 1 aromatic heterocycles. The van der Waals surface area contributed by atoms with E-state index in [9.17, 15) is 0 Å². The lowest BCUT2D eigenvalue weighted by Crippen LogP contribution is -2.14. The first-order valence-corrected chi connectivity index (χ1v) is 6.40. The lowest BCUT2D eigenvalue weighted by molar-refractivity contribution is 0.419. The topological polar surface area (TPSA) is 34.2 Å². The zero-order chi connectivity index (χ0) is 13.0.